The van der Waals surface area contributed by atoms with Crippen LogP contribution in [0.2, 0.25) is 0 Å². The van der Waals surface area contributed by atoms with Gasteiger partial charge in [-0.05, 0) is 30.3 Å². The van der Waals surface area contributed by atoms with E-state index in [9.17, 15) is 0 Å². The van der Waals surface area contributed by atoms with Gasteiger partial charge in [0.1, 0.15) is 11.7 Å². The van der Waals surface area contributed by atoms with E-state index in [0.29, 0.717) is 0 Å². The highest BCUT2D eigenvalue weighted by Crippen LogP contribution is 2.29. The molecule has 0 saturated heterocycles. The first-order valence-corrected chi connectivity index (χ1v) is 7.14. The topological polar surface area (TPSA) is 7.12 Å². The van der Waals surface area contributed by atoms with E-state index in [1.54, 1.807) is 0 Å². The second kappa shape index (κ2) is 4.67. The molecule has 0 N–H and O–H groups in total. The maximum absolute atomic E-state index is 2.27. The number of para-hydroxylation sites is 1. The molecule has 19 heavy (non-hydrogen) atoms. The lowest BCUT2D eigenvalue weighted by Gasteiger charge is -2.11. The van der Waals surface area contributed by atoms with Crippen LogP contribution in [0.15, 0.2) is 48.5 Å². The summed E-state index contributed by atoms with van der Waals surface area (Å²) in [6.45, 7) is 0. The maximum Gasteiger partial charge on any atom is 0.269 e. The highest BCUT2D eigenvalue weighted by molar-refractivity contribution is 7.21. The zero-order chi connectivity index (χ0) is 13.4. The largest absolute Gasteiger partial charge is 0.378 e. The summed E-state index contributed by atoms with van der Waals surface area (Å²) in [5, 5.41) is 1.30. The Morgan fingerprint density at radius 3 is 2.26 bits per heavy atom. The second-order valence-corrected chi connectivity index (χ2v) is 5.91. The Balaban J connectivity index is 2.11. The smallest absolute Gasteiger partial charge is 0.269 e. The van der Waals surface area contributed by atoms with Crippen LogP contribution in [0.4, 0.5) is 5.69 Å². The van der Waals surface area contributed by atoms with Crippen LogP contribution in [-0.2, 0) is 7.05 Å². The number of thiazole rings is 1. The average Bonchev–Trinajstić information content (AvgIpc) is 2.77. The third kappa shape index (κ3) is 2.10. The van der Waals surface area contributed by atoms with Crippen molar-refractivity contribution < 1.29 is 4.57 Å². The fourth-order valence-corrected chi connectivity index (χ4v) is 3.41. The molecule has 0 aliphatic carbocycles. The zero-order valence-electron chi connectivity index (χ0n) is 11.4. The molecule has 0 amide bonds. The summed E-state index contributed by atoms with van der Waals surface area (Å²) >= 11 is 1.84. The van der Waals surface area contributed by atoms with Gasteiger partial charge in [-0.15, -0.1) is 0 Å². The van der Waals surface area contributed by atoms with Gasteiger partial charge in [-0.2, -0.15) is 4.57 Å². The highest BCUT2D eigenvalue weighted by Gasteiger charge is 2.17. The van der Waals surface area contributed by atoms with E-state index in [-0.39, 0.29) is 0 Å². The molecule has 0 aliphatic heterocycles. The fraction of sp³-hybridized carbons (Fsp3) is 0.188. The van der Waals surface area contributed by atoms with Crippen molar-refractivity contribution in [3.63, 3.8) is 0 Å². The Labute approximate surface area is 117 Å². The Morgan fingerprint density at radius 2 is 1.63 bits per heavy atom. The van der Waals surface area contributed by atoms with Crippen molar-refractivity contribution in [2.45, 2.75) is 0 Å². The average molecular weight is 269 g/mol. The highest BCUT2D eigenvalue weighted by atomic mass is 32.1. The molecule has 2 aromatic carbocycles. The SMILES string of the molecule is CN(C)c1ccc(-c2sc3ccccc3[n+]2C)cc1. The van der Waals surface area contributed by atoms with Gasteiger partial charge in [-0.1, -0.05) is 23.5 Å². The summed E-state index contributed by atoms with van der Waals surface area (Å²) in [5.41, 5.74) is 3.79. The molecule has 1 aromatic heterocycles. The first kappa shape index (κ1) is 12.2. The second-order valence-electron chi connectivity index (χ2n) is 4.88. The van der Waals surface area contributed by atoms with Gasteiger partial charge in [0.25, 0.3) is 5.01 Å². The van der Waals surface area contributed by atoms with E-state index in [1.165, 1.54) is 26.5 Å². The number of benzene rings is 2. The van der Waals surface area contributed by atoms with Gasteiger partial charge in [0.05, 0.1) is 5.56 Å². The van der Waals surface area contributed by atoms with E-state index in [1.807, 2.05) is 11.3 Å². The molecule has 3 rings (SSSR count). The maximum atomic E-state index is 2.27. The van der Waals surface area contributed by atoms with Crippen molar-refractivity contribution in [3.8, 4) is 10.6 Å². The first-order valence-electron chi connectivity index (χ1n) is 6.32. The van der Waals surface area contributed by atoms with Gasteiger partial charge >= 0.3 is 0 Å². The van der Waals surface area contributed by atoms with E-state index in [0.717, 1.165) is 0 Å². The Kier molecular flexibility index (Phi) is 2.99. The molecule has 0 aliphatic rings. The number of anilines is 1. The van der Waals surface area contributed by atoms with Crippen molar-refractivity contribution in [2.75, 3.05) is 19.0 Å². The number of nitrogens with zero attached hydrogens (tertiary/aromatic N) is 2. The van der Waals surface area contributed by atoms with E-state index in [2.05, 4.69) is 79.1 Å². The molecular weight excluding hydrogens is 252 g/mol. The molecule has 0 radical (unpaired) electrons. The van der Waals surface area contributed by atoms with Crippen LogP contribution < -0.4 is 9.47 Å². The van der Waals surface area contributed by atoms with Crippen molar-refractivity contribution in [2.24, 2.45) is 7.05 Å². The summed E-state index contributed by atoms with van der Waals surface area (Å²) in [6, 6.07) is 17.3. The number of rotatable bonds is 2. The lowest BCUT2D eigenvalue weighted by atomic mass is 10.2. The molecule has 3 aromatic rings. The molecule has 0 saturated carbocycles. The van der Waals surface area contributed by atoms with E-state index >= 15 is 0 Å². The van der Waals surface area contributed by atoms with Crippen molar-refractivity contribution in [3.05, 3.63) is 48.5 Å². The summed E-state index contributed by atoms with van der Waals surface area (Å²) in [5.74, 6) is 0. The molecule has 0 unspecified atom stereocenters. The molecule has 0 bridgehead atoms. The van der Waals surface area contributed by atoms with Gasteiger partial charge in [-0.25, -0.2) is 0 Å². The number of hydrogen-bond donors (Lipinski definition) is 0. The van der Waals surface area contributed by atoms with Crippen LogP contribution in [-0.4, -0.2) is 14.1 Å². The summed E-state index contributed by atoms with van der Waals surface area (Å²) in [6.07, 6.45) is 0. The van der Waals surface area contributed by atoms with Gasteiger partial charge in [0, 0.05) is 25.8 Å². The van der Waals surface area contributed by atoms with Crippen molar-refractivity contribution >= 4 is 27.2 Å². The first-order chi connectivity index (χ1) is 9.16. The summed E-state index contributed by atoms with van der Waals surface area (Å²) in [7, 11) is 6.26. The molecular formula is C16H17N2S+. The van der Waals surface area contributed by atoms with E-state index < -0.39 is 0 Å². The van der Waals surface area contributed by atoms with E-state index in [4.69, 9.17) is 0 Å². The fourth-order valence-electron chi connectivity index (χ4n) is 2.26. The van der Waals surface area contributed by atoms with Crippen LogP contribution >= 0.6 is 11.3 Å². The monoisotopic (exact) mass is 269 g/mol. The van der Waals surface area contributed by atoms with Gasteiger partial charge in [0.15, 0.2) is 0 Å². The standard InChI is InChI=1S/C16H17N2S/c1-17(2)13-10-8-12(9-11-13)16-18(3)14-6-4-5-7-15(14)19-16/h4-11H,1-3H3/q+1. The molecule has 2 nitrogen and oxygen atoms in total. The molecule has 96 valence electrons. The van der Waals surface area contributed by atoms with Gasteiger partial charge < -0.3 is 4.90 Å². The molecule has 1 heterocycles. The van der Waals surface area contributed by atoms with Crippen LogP contribution in [0.3, 0.4) is 0 Å². The predicted molar refractivity (Wildman–Crippen MR) is 82.8 cm³/mol. The molecule has 0 spiro atoms. The Hall–Kier alpha value is -1.87. The van der Waals surface area contributed by atoms with Crippen molar-refractivity contribution in [1.82, 2.24) is 0 Å². The Morgan fingerprint density at radius 1 is 0.947 bits per heavy atom. The minimum Gasteiger partial charge on any atom is -0.378 e. The molecule has 0 atom stereocenters. The number of aromatic nitrogens is 1. The molecule has 0 fully saturated rings. The number of fused-ring (bicyclic) bond motifs is 1. The van der Waals surface area contributed by atoms with Gasteiger partial charge in [-0.3, -0.25) is 0 Å². The Bertz CT molecular complexity index is 711. The minimum absolute atomic E-state index is 1.23. The third-order valence-corrected chi connectivity index (χ3v) is 4.64. The van der Waals surface area contributed by atoms with Gasteiger partial charge in [0.2, 0.25) is 5.52 Å². The van der Waals surface area contributed by atoms with Crippen LogP contribution in [0.1, 0.15) is 0 Å². The zero-order valence-corrected chi connectivity index (χ0v) is 12.2. The normalized spacial score (nSPS) is 10.9. The summed E-state index contributed by atoms with van der Waals surface area (Å²) in [4.78, 5) is 2.12. The van der Waals surface area contributed by atoms with Crippen LogP contribution in [0, 0.1) is 0 Å². The number of hydrogen-bond acceptors (Lipinski definition) is 2. The predicted octanol–water partition coefficient (Wildman–Crippen LogP) is 3.46. The molecule has 3 heteroatoms. The van der Waals surface area contributed by atoms with Crippen LogP contribution in [0.5, 0.6) is 0 Å². The summed E-state index contributed by atoms with van der Waals surface area (Å²) < 4.78 is 3.60. The lowest BCUT2D eigenvalue weighted by molar-refractivity contribution is -0.629. The van der Waals surface area contributed by atoms with Crippen molar-refractivity contribution in [1.29, 1.82) is 0 Å². The quantitative estimate of drug-likeness (QED) is 0.646. The minimum atomic E-state index is 1.23. The number of aryl methyl sites for hydroxylation is 1. The lowest BCUT2D eigenvalue weighted by Crippen LogP contribution is -2.28. The third-order valence-electron chi connectivity index (χ3n) is 3.37. The van der Waals surface area contributed by atoms with Crippen LogP contribution in [0.25, 0.3) is 20.8 Å².